The number of ether oxygens (including phenoxy) is 1. The number of aromatic amines is 1. The maximum Gasteiger partial charge on any atom is 0.435 e. The van der Waals surface area contributed by atoms with Crippen molar-refractivity contribution in [2.45, 2.75) is 38.3 Å². The lowest BCUT2D eigenvalue weighted by Crippen LogP contribution is -2.07. The van der Waals surface area contributed by atoms with E-state index in [0.717, 1.165) is 47.0 Å². The van der Waals surface area contributed by atoms with Crippen LogP contribution in [0.3, 0.4) is 0 Å². The van der Waals surface area contributed by atoms with Crippen LogP contribution in [0.4, 0.5) is 13.2 Å². The fourth-order valence-electron chi connectivity index (χ4n) is 4.01. The van der Waals surface area contributed by atoms with Crippen molar-refractivity contribution in [3.63, 3.8) is 0 Å². The first-order valence-corrected chi connectivity index (χ1v) is 10.6. The number of nitrogens with one attached hydrogen (secondary N) is 1. The highest BCUT2D eigenvalue weighted by Crippen LogP contribution is 2.45. The Labute approximate surface area is 188 Å². The molecule has 0 radical (unpaired) electrons. The van der Waals surface area contributed by atoms with Crippen molar-refractivity contribution in [3.8, 4) is 22.7 Å². The van der Waals surface area contributed by atoms with E-state index in [2.05, 4.69) is 26.1 Å². The summed E-state index contributed by atoms with van der Waals surface area (Å²) < 4.78 is 45.7. The lowest BCUT2D eigenvalue weighted by molar-refractivity contribution is -0.141. The van der Waals surface area contributed by atoms with Crippen LogP contribution in [0.1, 0.15) is 47.1 Å². The third-order valence-electron chi connectivity index (χ3n) is 5.78. The van der Waals surface area contributed by atoms with Gasteiger partial charge >= 0.3 is 6.18 Å². The fraction of sp³-hybridized carbons (Fsp3) is 0.292. The molecule has 0 amide bonds. The lowest BCUT2D eigenvalue weighted by Gasteiger charge is -2.10. The Hall–Kier alpha value is -3.62. The highest BCUT2D eigenvalue weighted by atomic mass is 19.4. The van der Waals surface area contributed by atoms with Crippen molar-refractivity contribution in [3.05, 3.63) is 77.3 Å². The number of methoxy groups -OCH3 is 1. The maximum atomic E-state index is 13.0. The average Bonchev–Trinajstić information content (AvgIpc) is 3.41. The Morgan fingerprint density at radius 1 is 1.12 bits per heavy atom. The van der Waals surface area contributed by atoms with Crippen LogP contribution in [-0.2, 0) is 12.6 Å². The van der Waals surface area contributed by atoms with Gasteiger partial charge in [-0.15, -0.1) is 0 Å². The van der Waals surface area contributed by atoms with Gasteiger partial charge in [0.25, 0.3) is 0 Å². The second-order valence-electron chi connectivity index (χ2n) is 8.25. The Balaban J connectivity index is 1.37. The summed E-state index contributed by atoms with van der Waals surface area (Å²) in [4.78, 5) is 12.1. The third kappa shape index (κ3) is 4.22. The molecule has 1 N–H and O–H groups in total. The van der Waals surface area contributed by atoms with Crippen molar-refractivity contribution in [1.29, 1.82) is 0 Å². The van der Waals surface area contributed by atoms with Gasteiger partial charge in [0.1, 0.15) is 6.33 Å². The van der Waals surface area contributed by atoms with Gasteiger partial charge in [-0.1, -0.05) is 12.1 Å². The molecule has 0 bridgehead atoms. The van der Waals surface area contributed by atoms with E-state index in [4.69, 9.17) is 4.74 Å². The minimum absolute atomic E-state index is 0.426. The summed E-state index contributed by atoms with van der Waals surface area (Å²) in [7, 11) is 1.61. The number of halogens is 3. The number of hydrogen-bond acceptors (Lipinski definition) is 4. The first-order valence-electron chi connectivity index (χ1n) is 10.6. The van der Waals surface area contributed by atoms with Crippen LogP contribution in [0.15, 0.2) is 48.9 Å². The van der Waals surface area contributed by atoms with Crippen molar-refractivity contribution in [2.75, 3.05) is 7.11 Å². The molecule has 6 nitrogen and oxygen atoms in total. The Morgan fingerprint density at radius 3 is 2.52 bits per heavy atom. The second kappa shape index (κ2) is 8.06. The lowest BCUT2D eigenvalue weighted by atomic mass is 10.0. The molecule has 170 valence electrons. The molecule has 33 heavy (non-hydrogen) atoms. The molecule has 3 heterocycles. The molecule has 0 spiro atoms. The topological polar surface area (TPSA) is 68.6 Å². The van der Waals surface area contributed by atoms with Gasteiger partial charge in [-0.2, -0.15) is 18.3 Å². The van der Waals surface area contributed by atoms with E-state index in [1.807, 2.05) is 18.3 Å². The molecule has 9 heteroatoms. The van der Waals surface area contributed by atoms with E-state index in [1.54, 1.807) is 32.5 Å². The highest BCUT2D eigenvalue weighted by Gasteiger charge is 2.34. The van der Waals surface area contributed by atoms with E-state index in [9.17, 15) is 13.2 Å². The fourth-order valence-corrected chi connectivity index (χ4v) is 4.01. The largest absolute Gasteiger partial charge is 0.480 e. The number of alkyl halides is 3. The van der Waals surface area contributed by atoms with Crippen molar-refractivity contribution in [2.24, 2.45) is 0 Å². The van der Waals surface area contributed by atoms with Gasteiger partial charge in [-0.25, -0.2) is 14.6 Å². The molecule has 0 aliphatic heterocycles. The molecule has 0 unspecified atom stereocenters. The normalized spacial score (nSPS) is 14.0. The number of nitrogens with zero attached hydrogens (tertiary/aromatic N) is 4. The van der Waals surface area contributed by atoms with Crippen molar-refractivity contribution >= 4 is 0 Å². The highest BCUT2D eigenvalue weighted by molar-refractivity contribution is 5.72. The van der Waals surface area contributed by atoms with Crippen LogP contribution in [0.2, 0.25) is 0 Å². The Kier molecular flexibility index (Phi) is 5.19. The molecule has 1 aliphatic rings. The SMILES string of the molecule is COc1ncnc(C2CC2)c1-c1c[nH]c(Cc2ccc(-n3nc(C(F)(F)F)cc3C)cc2)c1. The summed E-state index contributed by atoms with van der Waals surface area (Å²) in [5.41, 5.74) is 5.06. The second-order valence-corrected chi connectivity index (χ2v) is 8.25. The number of hydrogen-bond donors (Lipinski definition) is 1. The molecule has 0 saturated heterocycles. The van der Waals surface area contributed by atoms with Gasteiger partial charge in [-0.3, -0.25) is 0 Å². The van der Waals surface area contributed by atoms with E-state index in [1.165, 1.54) is 4.68 Å². The molecule has 3 aromatic heterocycles. The van der Waals surface area contributed by atoms with Gasteiger partial charge in [-0.05, 0) is 49.6 Å². The summed E-state index contributed by atoms with van der Waals surface area (Å²) in [6.07, 6.45) is 1.90. The van der Waals surface area contributed by atoms with Gasteiger partial charge in [0.05, 0.1) is 24.1 Å². The predicted octanol–water partition coefficient (Wildman–Crippen LogP) is 5.46. The van der Waals surface area contributed by atoms with E-state index < -0.39 is 11.9 Å². The summed E-state index contributed by atoms with van der Waals surface area (Å²) >= 11 is 0. The number of aromatic nitrogens is 5. The molecular formula is C24H22F3N5O. The summed E-state index contributed by atoms with van der Waals surface area (Å²) in [6, 6.07) is 10.5. The number of benzene rings is 1. The average molecular weight is 453 g/mol. The molecule has 1 aliphatic carbocycles. The number of rotatable bonds is 6. The van der Waals surface area contributed by atoms with Gasteiger partial charge in [0.2, 0.25) is 5.88 Å². The zero-order valence-electron chi connectivity index (χ0n) is 18.1. The Morgan fingerprint density at radius 2 is 1.88 bits per heavy atom. The van der Waals surface area contributed by atoms with E-state index in [-0.39, 0.29) is 0 Å². The standard InChI is InChI=1S/C24H22F3N5O/c1-14-9-20(24(25,26)27)31-32(14)19-7-3-15(4-8-19)10-18-11-17(12-28-18)21-22(16-5-6-16)29-13-30-23(21)33-2/h3-4,7-9,11-13,16,28H,5-6,10H2,1-2H3. The van der Waals surface area contributed by atoms with Gasteiger partial charge < -0.3 is 9.72 Å². The van der Waals surface area contributed by atoms with Crippen LogP contribution in [0.25, 0.3) is 16.8 Å². The Bertz CT molecular complexity index is 1290. The van der Waals surface area contributed by atoms with E-state index >= 15 is 0 Å². The monoisotopic (exact) mass is 453 g/mol. The number of H-pyrrole nitrogens is 1. The molecular weight excluding hydrogens is 431 g/mol. The quantitative estimate of drug-likeness (QED) is 0.421. The maximum absolute atomic E-state index is 13.0. The summed E-state index contributed by atoms with van der Waals surface area (Å²) in [5.74, 6) is 1.01. The first kappa shape index (κ1) is 21.2. The molecule has 5 rings (SSSR count). The van der Waals surface area contributed by atoms with Crippen LogP contribution in [0, 0.1) is 6.92 Å². The zero-order valence-corrected chi connectivity index (χ0v) is 18.1. The first-order chi connectivity index (χ1) is 15.8. The third-order valence-corrected chi connectivity index (χ3v) is 5.78. The van der Waals surface area contributed by atoms with Crippen LogP contribution in [0.5, 0.6) is 5.88 Å². The molecule has 0 atom stereocenters. The predicted molar refractivity (Wildman–Crippen MR) is 116 cm³/mol. The zero-order chi connectivity index (χ0) is 23.2. The minimum Gasteiger partial charge on any atom is -0.480 e. The van der Waals surface area contributed by atoms with Gasteiger partial charge in [0.15, 0.2) is 5.69 Å². The van der Waals surface area contributed by atoms with E-state index in [0.29, 0.717) is 29.6 Å². The number of aryl methyl sites for hydroxylation is 1. The van der Waals surface area contributed by atoms with Crippen LogP contribution >= 0.6 is 0 Å². The molecule has 1 fully saturated rings. The van der Waals surface area contributed by atoms with Crippen LogP contribution < -0.4 is 4.74 Å². The smallest absolute Gasteiger partial charge is 0.435 e. The molecule has 4 aromatic rings. The summed E-state index contributed by atoms with van der Waals surface area (Å²) in [5, 5.41) is 3.71. The summed E-state index contributed by atoms with van der Waals surface area (Å²) in [6.45, 7) is 1.61. The molecule has 1 aromatic carbocycles. The van der Waals surface area contributed by atoms with Crippen molar-refractivity contribution in [1.82, 2.24) is 24.7 Å². The van der Waals surface area contributed by atoms with Gasteiger partial charge in [0, 0.05) is 35.5 Å². The van der Waals surface area contributed by atoms with Crippen LogP contribution in [-0.4, -0.2) is 31.8 Å². The molecule has 1 saturated carbocycles. The minimum atomic E-state index is -4.47. The van der Waals surface area contributed by atoms with Crippen molar-refractivity contribution < 1.29 is 17.9 Å².